The van der Waals surface area contributed by atoms with E-state index in [1.54, 1.807) is 18.2 Å². The Morgan fingerprint density at radius 1 is 1.33 bits per heavy atom. The molecular formula is C17H17N3O4. The molecule has 24 heavy (non-hydrogen) atoms. The zero-order valence-electron chi connectivity index (χ0n) is 13.1. The van der Waals surface area contributed by atoms with Gasteiger partial charge >= 0.3 is 5.97 Å². The van der Waals surface area contributed by atoms with Gasteiger partial charge in [-0.15, -0.1) is 0 Å². The Morgan fingerprint density at radius 2 is 2.12 bits per heavy atom. The zero-order valence-corrected chi connectivity index (χ0v) is 13.1. The maximum Gasteiger partial charge on any atom is 0.332 e. The Kier molecular flexibility index (Phi) is 4.60. The molecule has 7 nitrogen and oxygen atoms in total. The fraction of sp³-hybridized carbons (Fsp3) is 0.235. The second-order valence-electron chi connectivity index (χ2n) is 5.23. The van der Waals surface area contributed by atoms with Crippen molar-refractivity contribution in [3.63, 3.8) is 0 Å². The first-order chi connectivity index (χ1) is 11.7. The lowest BCUT2D eigenvalue weighted by Gasteiger charge is -2.21. The highest BCUT2D eigenvalue weighted by atomic mass is 16.5. The summed E-state index contributed by atoms with van der Waals surface area (Å²) in [6, 6.07) is 10.3. The Balaban J connectivity index is 1.64. The molecule has 2 aromatic rings. The van der Waals surface area contributed by atoms with Crippen molar-refractivity contribution in [3.8, 4) is 5.75 Å². The molecule has 7 heteroatoms. The molecule has 0 saturated heterocycles. The van der Waals surface area contributed by atoms with Crippen LogP contribution in [0.2, 0.25) is 0 Å². The molecule has 1 N–H and O–H groups in total. The third-order valence-corrected chi connectivity index (χ3v) is 3.65. The van der Waals surface area contributed by atoms with E-state index in [1.165, 1.54) is 12.0 Å². The van der Waals surface area contributed by atoms with Gasteiger partial charge in [-0.1, -0.05) is 30.4 Å². The van der Waals surface area contributed by atoms with Crippen LogP contribution in [0.15, 0.2) is 48.6 Å². The first-order valence-electron chi connectivity index (χ1n) is 7.46. The Bertz CT molecular complexity index is 754. The molecular weight excluding hydrogens is 310 g/mol. The number of methoxy groups -OCH3 is 1. The van der Waals surface area contributed by atoms with Crippen LogP contribution in [0.25, 0.3) is 0 Å². The van der Waals surface area contributed by atoms with Gasteiger partial charge in [-0.2, -0.15) is 5.10 Å². The number of amides is 1. The number of nitrogens with one attached hydrogen (secondary N) is 1. The fourth-order valence-corrected chi connectivity index (χ4v) is 2.43. The van der Waals surface area contributed by atoms with Crippen LogP contribution in [-0.2, 0) is 16.1 Å². The first kappa shape index (κ1) is 15.8. The van der Waals surface area contributed by atoms with Crippen molar-refractivity contribution >= 4 is 11.9 Å². The zero-order chi connectivity index (χ0) is 16.9. The van der Waals surface area contributed by atoms with Crippen LogP contribution >= 0.6 is 0 Å². The van der Waals surface area contributed by atoms with E-state index in [0.717, 1.165) is 5.75 Å². The molecule has 1 aromatic carbocycles. The van der Waals surface area contributed by atoms with Crippen LogP contribution in [0.3, 0.4) is 0 Å². The quantitative estimate of drug-likeness (QED) is 0.665. The van der Waals surface area contributed by atoms with Crippen molar-refractivity contribution in [3.05, 3.63) is 59.9 Å². The minimum absolute atomic E-state index is 0.235. The van der Waals surface area contributed by atoms with Gasteiger partial charge in [0.25, 0.3) is 5.91 Å². The normalized spacial score (nSPS) is 16.2. The first-order valence-corrected chi connectivity index (χ1v) is 7.46. The second kappa shape index (κ2) is 6.99. The van der Waals surface area contributed by atoms with E-state index in [1.807, 2.05) is 30.3 Å². The molecule has 0 radical (unpaired) electrons. The smallest absolute Gasteiger partial charge is 0.332 e. The van der Waals surface area contributed by atoms with Gasteiger partial charge in [-0.3, -0.25) is 9.89 Å². The molecule has 0 bridgehead atoms. The van der Waals surface area contributed by atoms with Crippen LogP contribution in [0.4, 0.5) is 0 Å². The number of hydrogen-bond donors (Lipinski definition) is 1. The predicted octanol–water partition coefficient (Wildman–Crippen LogP) is 1.54. The standard InChI is InChI=1S/C17H17N3O4/c1-23-17(22)15-8-5-9-20(15)16(21)14-10-12(18-19-14)11-24-13-6-3-2-4-7-13/h2-8,10,15H,9,11H2,1H3,(H,18,19)/t15-/m0/s1. The predicted molar refractivity (Wildman–Crippen MR) is 85.3 cm³/mol. The Hall–Kier alpha value is -3.09. The second-order valence-corrected chi connectivity index (χ2v) is 5.23. The van der Waals surface area contributed by atoms with E-state index in [0.29, 0.717) is 12.2 Å². The lowest BCUT2D eigenvalue weighted by Crippen LogP contribution is -2.41. The summed E-state index contributed by atoms with van der Waals surface area (Å²) >= 11 is 0. The van der Waals surface area contributed by atoms with Crippen LogP contribution < -0.4 is 4.74 Å². The van der Waals surface area contributed by atoms with Gasteiger partial charge in [0.2, 0.25) is 0 Å². The average molecular weight is 327 g/mol. The van der Waals surface area contributed by atoms with Gasteiger partial charge in [0.15, 0.2) is 5.69 Å². The van der Waals surface area contributed by atoms with Gasteiger partial charge in [0, 0.05) is 6.54 Å². The fourth-order valence-electron chi connectivity index (χ4n) is 2.43. The number of aromatic amines is 1. The number of carbonyl (C=O) groups excluding carboxylic acids is 2. The molecule has 1 aliphatic rings. The highest BCUT2D eigenvalue weighted by molar-refractivity contribution is 5.96. The lowest BCUT2D eigenvalue weighted by molar-refractivity contribution is -0.143. The van der Waals surface area contributed by atoms with E-state index in [4.69, 9.17) is 9.47 Å². The van der Waals surface area contributed by atoms with Crippen LogP contribution in [0, 0.1) is 0 Å². The summed E-state index contributed by atoms with van der Waals surface area (Å²) in [6.07, 6.45) is 3.40. The number of aromatic nitrogens is 2. The van der Waals surface area contributed by atoms with Gasteiger partial charge in [0.05, 0.1) is 12.8 Å². The summed E-state index contributed by atoms with van der Waals surface area (Å²) in [5.74, 6) is -0.0765. The molecule has 0 saturated carbocycles. The molecule has 3 rings (SSSR count). The highest BCUT2D eigenvalue weighted by Gasteiger charge is 2.32. The number of nitrogens with zero attached hydrogens (tertiary/aromatic N) is 2. The molecule has 0 fully saturated rings. The van der Waals surface area contributed by atoms with Crippen molar-refractivity contribution in [1.82, 2.24) is 15.1 Å². The lowest BCUT2D eigenvalue weighted by atomic mass is 10.2. The molecule has 1 aliphatic heterocycles. The molecule has 2 heterocycles. The maximum atomic E-state index is 12.5. The van der Waals surface area contributed by atoms with E-state index in [2.05, 4.69) is 10.2 Å². The summed E-state index contributed by atoms with van der Waals surface area (Å²) in [4.78, 5) is 25.6. The van der Waals surface area contributed by atoms with Gasteiger partial charge < -0.3 is 14.4 Å². The van der Waals surface area contributed by atoms with Crippen molar-refractivity contribution in [2.24, 2.45) is 0 Å². The summed E-state index contributed by atoms with van der Waals surface area (Å²) < 4.78 is 10.3. The van der Waals surface area contributed by atoms with E-state index in [-0.39, 0.29) is 18.2 Å². The van der Waals surface area contributed by atoms with Crippen molar-refractivity contribution < 1.29 is 19.1 Å². The minimum Gasteiger partial charge on any atom is -0.487 e. The minimum atomic E-state index is -0.705. The maximum absolute atomic E-state index is 12.5. The molecule has 0 spiro atoms. The van der Waals surface area contributed by atoms with E-state index >= 15 is 0 Å². The monoisotopic (exact) mass is 327 g/mol. The molecule has 1 amide bonds. The average Bonchev–Trinajstić information content (AvgIpc) is 3.29. The number of H-pyrrole nitrogens is 1. The Labute approximate surface area is 138 Å². The largest absolute Gasteiger partial charge is 0.487 e. The highest BCUT2D eigenvalue weighted by Crippen LogP contribution is 2.16. The number of ether oxygens (including phenoxy) is 2. The van der Waals surface area contributed by atoms with Gasteiger partial charge in [-0.25, -0.2) is 4.79 Å². The summed E-state index contributed by atoms with van der Waals surface area (Å²) in [5.41, 5.74) is 0.906. The van der Waals surface area contributed by atoms with Crippen molar-refractivity contribution in [2.75, 3.05) is 13.7 Å². The Morgan fingerprint density at radius 3 is 2.88 bits per heavy atom. The molecule has 124 valence electrons. The van der Waals surface area contributed by atoms with Crippen molar-refractivity contribution in [1.29, 1.82) is 0 Å². The van der Waals surface area contributed by atoms with Crippen LogP contribution in [-0.4, -0.2) is 46.7 Å². The topological polar surface area (TPSA) is 84.5 Å². The molecule has 1 atom stereocenters. The van der Waals surface area contributed by atoms with Crippen molar-refractivity contribution in [2.45, 2.75) is 12.6 Å². The number of carbonyl (C=O) groups is 2. The number of para-hydroxylation sites is 1. The van der Waals surface area contributed by atoms with Gasteiger partial charge in [0.1, 0.15) is 18.4 Å². The molecule has 0 unspecified atom stereocenters. The van der Waals surface area contributed by atoms with Crippen LogP contribution in [0.1, 0.15) is 16.2 Å². The number of rotatable bonds is 5. The number of esters is 1. The van der Waals surface area contributed by atoms with E-state index < -0.39 is 12.0 Å². The number of benzene rings is 1. The number of hydrogen-bond acceptors (Lipinski definition) is 5. The summed E-state index contributed by atoms with van der Waals surface area (Å²) in [5, 5.41) is 6.80. The summed E-state index contributed by atoms with van der Waals surface area (Å²) in [7, 11) is 1.30. The molecule has 1 aromatic heterocycles. The third-order valence-electron chi connectivity index (χ3n) is 3.65. The summed E-state index contributed by atoms with van der Waals surface area (Å²) in [6.45, 7) is 0.615. The molecule has 0 aliphatic carbocycles. The van der Waals surface area contributed by atoms with Crippen LogP contribution in [0.5, 0.6) is 5.75 Å². The van der Waals surface area contributed by atoms with E-state index in [9.17, 15) is 9.59 Å². The SMILES string of the molecule is COC(=O)[C@@H]1C=CCN1C(=O)c1cc(COc2ccccc2)[nH]n1. The third kappa shape index (κ3) is 3.29. The van der Waals surface area contributed by atoms with Gasteiger partial charge in [-0.05, 0) is 18.2 Å².